The summed E-state index contributed by atoms with van der Waals surface area (Å²) < 4.78 is 0. The molecule has 0 saturated carbocycles. The molecule has 1 aliphatic rings. The van der Waals surface area contributed by atoms with Crippen molar-refractivity contribution in [2.45, 2.75) is 44.7 Å². The molecule has 0 saturated heterocycles. The SMILES string of the molecule is CC[C@@H](N[C@@H]1CCCc2ccccc21)c1ccncc1. The quantitative estimate of drug-likeness (QED) is 0.897. The lowest BCUT2D eigenvalue weighted by Gasteiger charge is -2.30. The molecule has 1 aliphatic carbocycles. The Balaban J connectivity index is 1.81. The lowest BCUT2D eigenvalue weighted by atomic mass is 9.87. The standard InChI is InChI=1S/C18H22N2/c1-2-17(15-10-12-19-13-11-15)20-18-9-5-7-14-6-3-4-8-16(14)18/h3-4,6,8,10-13,17-18,20H,2,5,7,9H2,1H3/t17-,18-/m1/s1. The zero-order chi connectivity index (χ0) is 13.8. The average molecular weight is 266 g/mol. The minimum absolute atomic E-state index is 0.411. The molecule has 20 heavy (non-hydrogen) atoms. The average Bonchev–Trinajstić information content (AvgIpc) is 2.53. The minimum Gasteiger partial charge on any atom is -0.303 e. The predicted octanol–water partition coefficient (Wildman–Crippen LogP) is 4.20. The Bertz CT molecular complexity index is 550. The Labute approximate surface area is 121 Å². The van der Waals surface area contributed by atoms with Gasteiger partial charge < -0.3 is 5.32 Å². The Morgan fingerprint density at radius 2 is 2.00 bits per heavy atom. The van der Waals surface area contributed by atoms with Gasteiger partial charge in [0.2, 0.25) is 0 Å². The first-order chi connectivity index (χ1) is 9.88. The fraction of sp³-hybridized carbons (Fsp3) is 0.389. The first kappa shape index (κ1) is 13.3. The number of aryl methyl sites for hydroxylation is 1. The van der Waals surface area contributed by atoms with Crippen molar-refractivity contribution in [1.29, 1.82) is 0 Å². The van der Waals surface area contributed by atoms with Crippen LogP contribution in [0.25, 0.3) is 0 Å². The number of aromatic nitrogens is 1. The van der Waals surface area contributed by atoms with Gasteiger partial charge in [-0.15, -0.1) is 0 Å². The van der Waals surface area contributed by atoms with Crippen LogP contribution in [0.3, 0.4) is 0 Å². The Morgan fingerprint density at radius 1 is 1.20 bits per heavy atom. The van der Waals surface area contributed by atoms with Crippen molar-refractivity contribution in [2.75, 3.05) is 0 Å². The van der Waals surface area contributed by atoms with E-state index < -0.39 is 0 Å². The lowest BCUT2D eigenvalue weighted by molar-refractivity contribution is 0.393. The van der Waals surface area contributed by atoms with E-state index in [1.807, 2.05) is 12.4 Å². The summed E-state index contributed by atoms with van der Waals surface area (Å²) in [5.74, 6) is 0. The van der Waals surface area contributed by atoms with Crippen LogP contribution < -0.4 is 5.32 Å². The van der Waals surface area contributed by atoms with Gasteiger partial charge in [-0.3, -0.25) is 4.98 Å². The Hall–Kier alpha value is -1.67. The maximum absolute atomic E-state index is 4.12. The molecule has 0 bridgehead atoms. The molecule has 0 amide bonds. The first-order valence-electron chi connectivity index (χ1n) is 7.62. The van der Waals surface area contributed by atoms with E-state index in [0.717, 1.165) is 6.42 Å². The van der Waals surface area contributed by atoms with E-state index in [9.17, 15) is 0 Å². The molecule has 0 unspecified atom stereocenters. The van der Waals surface area contributed by atoms with E-state index in [-0.39, 0.29) is 0 Å². The van der Waals surface area contributed by atoms with Gasteiger partial charge in [-0.05, 0) is 54.5 Å². The number of nitrogens with one attached hydrogen (secondary N) is 1. The van der Waals surface area contributed by atoms with Crippen LogP contribution in [0.1, 0.15) is 55.0 Å². The van der Waals surface area contributed by atoms with Gasteiger partial charge in [0, 0.05) is 24.5 Å². The van der Waals surface area contributed by atoms with Crippen molar-refractivity contribution in [2.24, 2.45) is 0 Å². The van der Waals surface area contributed by atoms with Crippen LogP contribution in [0.4, 0.5) is 0 Å². The zero-order valence-electron chi connectivity index (χ0n) is 12.0. The summed E-state index contributed by atoms with van der Waals surface area (Å²) in [6.07, 6.45) is 8.60. The molecule has 2 nitrogen and oxygen atoms in total. The molecule has 1 aromatic carbocycles. The number of pyridine rings is 1. The molecule has 2 aromatic rings. The van der Waals surface area contributed by atoms with E-state index in [1.54, 1.807) is 0 Å². The normalized spacial score (nSPS) is 19.4. The Morgan fingerprint density at radius 3 is 2.80 bits per heavy atom. The van der Waals surface area contributed by atoms with E-state index in [1.165, 1.54) is 36.0 Å². The highest BCUT2D eigenvalue weighted by Gasteiger charge is 2.22. The van der Waals surface area contributed by atoms with Crippen molar-refractivity contribution in [3.8, 4) is 0 Å². The number of hydrogen-bond donors (Lipinski definition) is 1. The van der Waals surface area contributed by atoms with E-state index in [2.05, 4.69) is 53.6 Å². The van der Waals surface area contributed by atoms with Crippen molar-refractivity contribution in [3.63, 3.8) is 0 Å². The maximum atomic E-state index is 4.12. The fourth-order valence-corrected chi connectivity index (χ4v) is 3.22. The first-order valence-corrected chi connectivity index (χ1v) is 7.62. The summed E-state index contributed by atoms with van der Waals surface area (Å²) in [6.45, 7) is 2.24. The fourth-order valence-electron chi connectivity index (χ4n) is 3.22. The number of nitrogens with zero attached hydrogens (tertiary/aromatic N) is 1. The zero-order valence-corrected chi connectivity index (χ0v) is 12.0. The summed E-state index contributed by atoms with van der Waals surface area (Å²) in [6, 6.07) is 14.0. The molecule has 2 heteroatoms. The smallest absolute Gasteiger partial charge is 0.0328 e. The summed E-state index contributed by atoms with van der Waals surface area (Å²) in [5, 5.41) is 3.85. The summed E-state index contributed by atoms with van der Waals surface area (Å²) in [4.78, 5) is 4.12. The molecule has 1 aromatic heterocycles. The van der Waals surface area contributed by atoms with Gasteiger partial charge in [0.15, 0.2) is 0 Å². The second-order valence-electron chi connectivity index (χ2n) is 5.55. The summed E-state index contributed by atoms with van der Waals surface area (Å²) >= 11 is 0. The number of rotatable bonds is 4. The number of fused-ring (bicyclic) bond motifs is 1. The van der Waals surface area contributed by atoms with Crippen LogP contribution in [0.2, 0.25) is 0 Å². The number of hydrogen-bond acceptors (Lipinski definition) is 2. The largest absolute Gasteiger partial charge is 0.303 e. The Kier molecular flexibility index (Phi) is 4.12. The molecule has 0 aliphatic heterocycles. The molecular weight excluding hydrogens is 244 g/mol. The van der Waals surface area contributed by atoms with E-state index in [0.29, 0.717) is 12.1 Å². The van der Waals surface area contributed by atoms with Gasteiger partial charge in [0.05, 0.1) is 0 Å². The van der Waals surface area contributed by atoms with Gasteiger partial charge >= 0.3 is 0 Å². The molecule has 0 fully saturated rings. The predicted molar refractivity (Wildman–Crippen MR) is 82.5 cm³/mol. The van der Waals surface area contributed by atoms with Gasteiger partial charge in [0.25, 0.3) is 0 Å². The van der Waals surface area contributed by atoms with Crippen molar-refractivity contribution < 1.29 is 0 Å². The molecule has 0 spiro atoms. The van der Waals surface area contributed by atoms with Gasteiger partial charge in [-0.25, -0.2) is 0 Å². The molecule has 2 atom stereocenters. The van der Waals surface area contributed by atoms with Crippen molar-refractivity contribution >= 4 is 0 Å². The highest BCUT2D eigenvalue weighted by Crippen LogP contribution is 2.32. The second-order valence-corrected chi connectivity index (χ2v) is 5.55. The molecular formula is C18H22N2. The van der Waals surface area contributed by atoms with Gasteiger partial charge in [-0.1, -0.05) is 31.2 Å². The van der Waals surface area contributed by atoms with Crippen LogP contribution in [-0.4, -0.2) is 4.98 Å². The van der Waals surface area contributed by atoms with E-state index >= 15 is 0 Å². The molecule has 0 radical (unpaired) electrons. The van der Waals surface area contributed by atoms with Crippen molar-refractivity contribution in [1.82, 2.24) is 10.3 Å². The topological polar surface area (TPSA) is 24.9 Å². The monoisotopic (exact) mass is 266 g/mol. The highest BCUT2D eigenvalue weighted by atomic mass is 15.0. The molecule has 104 valence electrons. The molecule has 1 heterocycles. The lowest BCUT2D eigenvalue weighted by Crippen LogP contribution is -2.29. The third-order valence-electron chi connectivity index (χ3n) is 4.29. The van der Waals surface area contributed by atoms with Gasteiger partial charge in [-0.2, -0.15) is 0 Å². The highest BCUT2D eigenvalue weighted by molar-refractivity contribution is 5.32. The van der Waals surface area contributed by atoms with E-state index in [4.69, 9.17) is 0 Å². The maximum Gasteiger partial charge on any atom is 0.0328 e. The third kappa shape index (κ3) is 2.75. The van der Waals surface area contributed by atoms with Crippen LogP contribution in [-0.2, 0) is 6.42 Å². The second kappa shape index (κ2) is 6.19. The van der Waals surface area contributed by atoms with Crippen LogP contribution in [0.5, 0.6) is 0 Å². The van der Waals surface area contributed by atoms with Crippen LogP contribution in [0.15, 0.2) is 48.8 Å². The van der Waals surface area contributed by atoms with Crippen LogP contribution in [0, 0.1) is 0 Å². The third-order valence-corrected chi connectivity index (χ3v) is 4.29. The number of benzene rings is 1. The van der Waals surface area contributed by atoms with Crippen LogP contribution >= 0.6 is 0 Å². The van der Waals surface area contributed by atoms with Crippen molar-refractivity contribution in [3.05, 3.63) is 65.5 Å². The minimum atomic E-state index is 0.411. The summed E-state index contributed by atoms with van der Waals surface area (Å²) in [5.41, 5.74) is 4.35. The summed E-state index contributed by atoms with van der Waals surface area (Å²) in [7, 11) is 0. The molecule has 3 rings (SSSR count). The van der Waals surface area contributed by atoms with Gasteiger partial charge in [0.1, 0.15) is 0 Å². The molecule has 1 N–H and O–H groups in total.